The third-order valence-electron chi connectivity index (χ3n) is 20.6. The maximum Gasteiger partial charge on any atom is 0.219 e. The van der Waals surface area contributed by atoms with Crippen molar-refractivity contribution in [3.05, 3.63) is 208 Å². The van der Waals surface area contributed by atoms with Crippen LogP contribution in [0.25, 0.3) is 67.1 Å². The molecule has 1 amide bonds. The SMILES string of the molecule is CC(=O)N1CCC(C(=O)Cc2nnc3cc(CN)c(-c4ccc(Cl)cc4Cl)cn23)CC1.COCC(=O)Cc1nnc2cc(CN)c(-c3ccc(Cl)cc3Cl)cn12.COCCC(=O)Cc1nnc2cc(CN)c(-c3ccc(Cl)cc3Cl)cn12.NCc1cc2nnc(CC(=O)CC3C[C@@H]4CC[C@H]3C4)n2cc1-c1ccc(Cl)cc1Cl. The second-order valence-electron chi connectivity index (χ2n) is 27.9. The number of hydrogen-bond acceptors (Lipinski definition) is 19. The number of nitrogens with two attached hydrogens (primary N) is 4. The minimum Gasteiger partial charge on any atom is -0.384 e. The Balaban J connectivity index is 0.000000139. The summed E-state index contributed by atoms with van der Waals surface area (Å²) in [7, 11) is 3.05. The molecule has 1 saturated heterocycles. The van der Waals surface area contributed by atoms with Crippen LogP contribution in [0.1, 0.15) is 104 Å². The van der Waals surface area contributed by atoms with Crippen molar-refractivity contribution < 1.29 is 33.4 Å². The average Bonchev–Trinajstić information content (AvgIpc) is 1.51. The number of halogens is 8. The number of likely N-dealkylation sites (tertiary alicyclic amines) is 1. The largest absolute Gasteiger partial charge is 0.384 e. The Kier molecular flexibility index (Phi) is 27.9. The van der Waals surface area contributed by atoms with Gasteiger partial charge in [-0.1, -0.05) is 123 Å². The lowest BCUT2D eigenvalue weighted by molar-refractivity contribution is -0.133. The third kappa shape index (κ3) is 19.5. The summed E-state index contributed by atoms with van der Waals surface area (Å²) in [6.07, 6.45) is 15.9. The van der Waals surface area contributed by atoms with Crippen molar-refractivity contribution in [3.8, 4) is 44.5 Å². The number of nitrogens with zero attached hydrogens (tertiary/aromatic N) is 13. The van der Waals surface area contributed by atoms with Gasteiger partial charge >= 0.3 is 0 Å². The van der Waals surface area contributed by atoms with Crippen LogP contribution in [-0.2, 0) is 85.3 Å². The summed E-state index contributed by atoms with van der Waals surface area (Å²) in [5.74, 6) is 4.80. The molecule has 3 atom stereocenters. The van der Waals surface area contributed by atoms with E-state index >= 15 is 0 Å². The van der Waals surface area contributed by atoms with E-state index in [1.165, 1.54) is 32.8 Å². The lowest BCUT2D eigenvalue weighted by atomic mass is 9.85. The highest BCUT2D eigenvalue weighted by molar-refractivity contribution is 6.38. The first-order chi connectivity index (χ1) is 53.9. The first kappa shape index (κ1) is 83.0. The van der Waals surface area contributed by atoms with E-state index in [0.29, 0.717) is 170 Å². The maximum absolute atomic E-state index is 12.9. The number of Topliss-reactive ketones (excluding diaryl/α,β-unsaturated/α-hetero) is 4. The maximum atomic E-state index is 12.9. The number of rotatable bonds is 24. The van der Waals surface area contributed by atoms with Crippen molar-refractivity contribution in [2.75, 3.05) is 40.5 Å². The molecule has 2 bridgehead atoms. The van der Waals surface area contributed by atoms with Gasteiger partial charge < -0.3 is 37.3 Å². The number of carbonyl (C=O) groups excluding carboxylic acids is 5. The summed E-state index contributed by atoms with van der Waals surface area (Å²) in [6.45, 7) is 4.50. The Hall–Kier alpha value is -8.41. The molecule has 9 heterocycles. The predicted molar refractivity (Wildman–Crippen MR) is 437 cm³/mol. The third-order valence-corrected chi connectivity index (χ3v) is 22.8. The number of hydrogen-bond donors (Lipinski definition) is 4. The van der Waals surface area contributed by atoms with Gasteiger partial charge in [-0.05, 0) is 145 Å². The highest BCUT2D eigenvalue weighted by atomic mass is 35.5. The number of ether oxygens (including phenoxy) is 2. The summed E-state index contributed by atoms with van der Waals surface area (Å²) in [6, 6.07) is 28.8. The van der Waals surface area contributed by atoms with Crippen LogP contribution in [0, 0.1) is 23.7 Å². The molecule has 3 aliphatic rings. The molecule has 0 spiro atoms. The number of pyridine rings is 4. The molecule has 3 fully saturated rings. The first-order valence-electron chi connectivity index (χ1n) is 36.3. The van der Waals surface area contributed by atoms with Crippen LogP contribution < -0.4 is 22.9 Å². The molecule has 1 aliphatic heterocycles. The summed E-state index contributed by atoms with van der Waals surface area (Å²) in [4.78, 5) is 63.0. The minimum absolute atomic E-state index is 0.0334. The van der Waals surface area contributed by atoms with Gasteiger partial charge in [-0.3, -0.25) is 41.6 Å². The number of carbonyl (C=O) groups is 5. The molecule has 8 aromatic heterocycles. The zero-order valence-corrected chi connectivity index (χ0v) is 67.6. The van der Waals surface area contributed by atoms with E-state index in [2.05, 4.69) is 40.8 Å². The topological polar surface area (TPSA) is 332 Å². The van der Waals surface area contributed by atoms with Crippen LogP contribution >= 0.6 is 92.8 Å². The Labute approximate surface area is 685 Å². The molecule has 0 radical (unpaired) electrons. The number of methoxy groups -OCH3 is 2. The monoisotopic (exact) mass is 1670 g/mol. The Bertz CT molecular complexity index is 5510. The van der Waals surface area contributed by atoms with Gasteiger partial charge in [0, 0.05) is 189 Å². The number of ketones is 4. The number of aromatic nitrogens is 12. The van der Waals surface area contributed by atoms with Crippen molar-refractivity contribution in [2.24, 2.45) is 46.6 Å². The van der Waals surface area contributed by atoms with Crippen LogP contribution in [0.3, 0.4) is 0 Å². The zero-order chi connectivity index (χ0) is 79.6. The van der Waals surface area contributed by atoms with E-state index in [-0.39, 0.29) is 60.8 Å². The summed E-state index contributed by atoms with van der Waals surface area (Å²) < 4.78 is 17.1. The molecule has 2 saturated carbocycles. The molecule has 2 aliphatic carbocycles. The molecule has 584 valence electrons. The minimum atomic E-state index is -0.0780. The van der Waals surface area contributed by atoms with Crippen molar-refractivity contribution in [1.29, 1.82) is 0 Å². The van der Waals surface area contributed by atoms with Crippen LogP contribution in [0.2, 0.25) is 40.2 Å². The van der Waals surface area contributed by atoms with Crippen molar-refractivity contribution in [1.82, 2.24) is 63.3 Å². The molecule has 24 nitrogen and oxygen atoms in total. The Morgan fingerprint density at radius 2 is 0.777 bits per heavy atom. The van der Waals surface area contributed by atoms with E-state index in [0.717, 1.165) is 78.6 Å². The lowest BCUT2D eigenvalue weighted by Gasteiger charge is -2.30. The van der Waals surface area contributed by atoms with Gasteiger partial charge in [0.2, 0.25) is 5.91 Å². The normalized spacial score (nSPS) is 15.3. The fourth-order valence-corrected chi connectivity index (χ4v) is 16.9. The smallest absolute Gasteiger partial charge is 0.219 e. The summed E-state index contributed by atoms with van der Waals surface area (Å²) in [5.41, 5.74) is 36.6. The van der Waals surface area contributed by atoms with Crippen LogP contribution in [-0.4, -0.2) is 133 Å². The second kappa shape index (κ2) is 37.7. The lowest BCUT2D eigenvalue weighted by Crippen LogP contribution is -2.39. The number of piperidine rings is 1. The average molecular weight is 1680 g/mol. The molecule has 4 aromatic carbocycles. The van der Waals surface area contributed by atoms with Gasteiger partial charge in [0.15, 0.2) is 28.4 Å². The fraction of sp³-hybridized carbons (Fsp3) is 0.338. The van der Waals surface area contributed by atoms with Crippen molar-refractivity contribution in [2.45, 2.75) is 110 Å². The Morgan fingerprint density at radius 1 is 0.420 bits per heavy atom. The summed E-state index contributed by atoms with van der Waals surface area (Å²) >= 11 is 49.7. The van der Waals surface area contributed by atoms with Gasteiger partial charge in [-0.15, -0.1) is 40.8 Å². The molecule has 1 unspecified atom stereocenters. The van der Waals surface area contributed by atoms with Gasteiger partial charge in [-0.25, -0.2) is 0 Å². The number of amides is 1. The van der Waals surface area contributed by atoms with E-state index in [1.807, 2.05) is 82.1 Å². The molecule has 8 N–H and O–H groups in total. The molecule has 15 rings (SSSR count). The highest BCUT2D eigenvalue weighted by Gasteiger charge is 2.40. The van der Waals surface area contributed by atoms with Crippen LogP contribution in [0.5, 0.6) is 0 Å². The zero-order valence-electron chi connectivity index (χ0n) is 61.5. The number of benzene rings is 4. The standard InChI is InChI=1S/C23H24Cl2N4O.C22H23Cl2N5O2.C18H18Cl2N4O2.C17H16Cl2N4O2/c24-17-3-4-19(21(25)9-17)20-12-29-22(8-16(20)11-26)27-28-23(29)10-18(30)7-15-6-13-1-2-14(15)5-13;1-13(30)28-6-4-14(5-7-28)20(31)10-22-27-26-21-8-15(11-25)18(12-29(21)22)17-3-2-16(23)9-19(17)24;1-26-5-4-13(25)8-18-23-22-17-6-11(9-21)15(10-24(17)18)14-3-2-12(19)7-16(14)20;1-25-9-12(24)6-17-22-21-16-4-10(7-20)14(8-23(16)17)13-3-2-11(18)5-15(13)19/h3-4,8-9,12-15H,1-2,5-7,10-11,26H2;2-3,8-9,12,14H,4-7,10-11,25H2,1H3;2-3,6-7,10H,4-5,8-9,21H2,1H3;2-5,8H,6-7,9,20H2,1H3/t13-,14+,15?;;;/m1.../s1. The second-order valence-corrected chi connectivity index (χ2v) is 31.3. The quantitative estimate of drug-likeness (QED) is 0.0436. The van der Waals surface area contributed by atoms with Crippen LogP contribution in [0.15, 0.2) is 122 Å². The van der Waals surface area contributed by atoms with E-state index < -0.39 is 0 Å². The van der Waals surface area contributed by atoms with Gasteiger partial charge in [0.25, 0.3) is 0 Å². The first-order valence-corrected chi connectivity index (χ1v) is 39.4. The van der Waals surface area contributed by atoms with Crippen molar-refractivity contribution in [3.63, 3.8) is 0 Å². The summed E-state index contributed by atoms with van der Waals surface area (Å²) in [5, 5.41) is 37.9. The van der Waals surface area contributed by atoms with Gasteiger partial charge in [-0.2, -0.15) is 0 Å². The van der Waals surface area contributed by atoms with E-state index in [9.17, 15) is 24.0 Å². The van der Waals surface area contributed by atoms with Crippen molar-refractivity contribution >= 4 is 144 Å². The highest BCUT2D eigenvalue weighted by Crippen LogP contribution is 2.50. The molecular weight excluding hydrogens is 1590 g/mol. The van der Waals surface area contributed by atoms with Gasteiger partial charge in [0.1, 0.15) is 47.3 Å². The van der Waals surface area contributed by atoms with Crippen LogP contribution in [0.4, 0.5) is 0 Å². The van der Waals surface area contributed by atoms with Gasteiger partial charge in [0.05, 0.1) is 32.3 Å². The molecular formula is C80H81Cl8N17O7. The molecule has 32 heteroatoms. The molecule has 12 aromatic rings. The Morgan fingerprint density at radius 3 is 1.09 bits per heavy atom. The van der Waals surface area contributed by atoms with E-state index in [1.54, 1.807) is 76.3 Å². The van der Waals surface area contributed by atoms with E-state index in [4.69, 9.17) is 125 Å². The number of fused-ring (bicyclic) bond motifs is 6. The predicted octanol–water partition coefficient (Wildman–Crippen LogP) is 14.9. The fourth-order valence-electron chi connectivity index (χ4n) is 14.9. The molecule has 112 heavy (non-hydrogen) atoms.